The molecule has 1 aliphatic carbocycles. The highest BCUT2D eigenvalue weighted by Crippen LogP contribution is 2.35. The van der Waals surface area contributed by atoms with Gasteiger partial charge in [0.1, 0.15) is 0 Å². The Hall–Kier alpha value is -1.55. The smallest absolute Gasteiger partial charge is 0.395 e. The average Bonchev–Trinajstić information content (AvgIpc) is 2.39. The van der Waals surface area contributed by atoms with Crippen molar-refractivity contribution in [1.82, 2.24) is 0 Å². The van der Waals surface area contributed by atoms with Crippen molar-refractivity contribution in [2.24, 2.45) is 0 Å². The Morgan fingerprint density at radius 1 is 1.11 bits per heavy atom. The summed E-state index contributed by atoms with van der Waals surface area (Å²) in [5, 5.41) is 9.52. The van der Waals surface area contributed by atoms with E-state index in [2.05, 4.69) is 0 Å². The molecule has 96 valence electrons. The van der Waals surface area contributed by atoms with E-state index in [-0.39, 0.29) is 6.61 Å². The van der Waals surface area contributed by atoms with Gasteiger partial charge < -0.3 is 5.11 Å². The first-order chi connectivity index (χ1) is 8.48. The second-order valence-electron chi connectivity index (χ2n) is 4.38. The largest absolute Gasteiger partial charge is 0.416 e. The van der Waals surface area contributed by atoms with E-state index < -0.39 is 17.2 Å². The van der Waals surface area contributed by atoms with Gasteiger partial charge in [0.25, 0.3) is 0 Å². The minimum Gasteiger partial charge on any atom is -0.395 e. The Morgan fingerprint density at radius 3 is 2.22 bits per heavy atom. The van der Waals surface area contributed by atoms with E-state index in [4.69, 9.17) is 0 Å². The number of aliphatic hydroxyl groups excluding tert-OH is 1. The van der Waals surface area contributed by atoms with Gasteiger partial charge in [-0.1, -0.05) is 36.4 Å². The van der Waals surface area contributed by atoms with Crippen LogP contribution in [0.25, 0.3) is 0 Å². The van der Waals surface area contributed by atoms with Crippen molar-refractivity contribution in [2.45, 2.75) is 18.0 Å². The molecular formula is C14H13F3O. The van der Waals surface area contributed by atoms with E-state index >= 15 is 0 Å². The zero-order valence-electron chi connectivity index (χ0n) is 9.61. The molecule has 0 spiro atoms. The van der Waals surface area contributed by atoms with E-state index in [0.29, 0.717) is 12.0 Å². The normalized spacial score (nSPS) is 23.3. The molecular weight excluding hydrogens is 241 g/mol. The quantitative estimate of drug-likeness (QED) is 0.857. The van der Waals surface area contributed by atoms with Crippen molar-refractivity contribution in [3.63, 3.8) is 0 Å². The number of halogens is 3. The number of hydrogen-bond acceptors (Lipinski definition) is 1. The van der Waals surface area contributed by atoms with Crippen molar-refractivity contribution < 1.29 is 18.3 Å². The minimum absolute atomic E-state index is 0.126. The van der Waals surface area contributed by atoms with Crippen LogP contribution in [-0.4, -0.2) is 11.7 Å². The Bertz CT molecular complexity index is 471. The summed E-state index contributed by atoms with van der Waals surface area (Å²) in [7, 11) is 0. The average molecular weight is 254 g/mol. The molecule has 1 aliphatic rings. The van der Waals surface area contributed by atoms with Crippen LogP contribution in [-0.2, 0) is 11.6 Å². The lowest BCUT2D eigenvalue weighted by Crippen LogP contribution is -2.28. The molecule has 0 saturated carbocycles. The van der Waals surface area contributed by atoms with Gasteiger partial charge in [-0.3, -0.25) is 0 Å². The molecule has 0 aromatic heterocycles. The van der Waals surface area contributed by atoms with Crippen LogP contribution in [0, 0.1) is 0 Å². The van der Waals surface area contributed by atoms with Crippen LogP contribution in [0.5, 0.6) is 0 Å². The monoisotopic (exact) mass is 254 g/mol. The second-order valence-corrected chi connectivity index (χ2v) is 4.38. The lowest BCUT2D eigenvalue weighted by molar-refractivity contribution is -0.137. The molecule has 0 saturated heterocycles. The fourth-order valence-corrected chi connectivity index (χ4v) is 2.08. The first-order valence-electron chi connectivity index (χ1n) is 5.61. The molecule has 1 N–H and O–H groups in total. The van der Waals surface area contributed by atoms with Gasteiger partial charge in [-0.2, -0.15) is 13.2 Å². The third-order valence-corrected chi connectivity index (χ3v) is 3.21. The standard InChI is InChI=1S/C14H13F3O/c15-14(16,17)12-6-4-11(5-7-12)13(10-18)8-2-1-3-9-13/h1-8,18H,9-10H2/t13-/m0/s1. The number of benzene rings is 1. The summed E-state index contributed by atoms with van der Waals surface area (Å²) < 4.78 is 37.4. The van der Waals surface area contributed by atoms with Gasteiger partial charge in [-0.15, -0.1) is 0 Å². The molecule has 0 heterocycles. The highest BCUT2D eigenvalue weighted by molar-refractivity contribution is 5.38. The summed E-state index contributed by atoms with van der Waals surface area (Å²) in [6.07, 6.45) is 3.65. The summed E-state index contributed by atoms with van der Waals surface area (Å²) in [5.74, 6) is 0. The van der Waals surface area contributed by atoms with Crippen LogP contribution in [0.4, 0.5) is 13.2 Å². The van der Waals surface area contributed by atoms with Gasteiger partial charge in [-0.05, 0) is 24.1 Å². The molecule has 0 bridgehead atoms. The molecule has 0 radical (unpaired) electrons. The number of aliphatic hydroxyl groups is 1. The van der Waals surface area contributed by atoms with Gasteiger partial charge in [0.15, 0.2) is 0 Å². The van der Waals surface area contributed by atoms with E-state index in [9.17, 15) is 18.3 Å². The first kappa shape index (κ1) is 12.9. The molecule has 0 amide bonds. The van der Waals surface area contributed by atoms with Crippen molar-refractivity contribution in [2.75, 3.05) is 6.61 Å². The van der Waals surface area contributed by atoms with Gasteiger partial charge in [0.2, 0.25) is 0 Å². The Balaban J connectivity index is 2.34. The van der Waals surface area contributed by atoms with Crippen molar-refractivity contribution in [3.8, 4) is 0 Å². The molecule has 0 aliphatic heterocycles. The lowest BCUT2D eigenvalue weighted by atomic mass is 9.76. The van der Waals surface area contributed by atoms with Crippen molar-refractivity contribution in [3.05, 3.63) is 59.7 Å². The maximum atomic E-state index is 12.5. The molecule has 0 fully saturated rings. The zero-order valence-corrected chi connectivity index (χ0v) is 9.61. The highest BCUT2D eigenvalue weighted by atomic mass is 19.4. The Labute approximate surface area is 103 Å². The maximum Gasteiger partial charge on any atom is 0.416 e. The molecule has 4 heteroatoms. The summed E-state index contributed by atoms with van der Waals surface area (Å²) >= 11 is 0. The molecule has 18 heavy (non-hydrogen) atoms. The van der Waals surface area contributed by atoms with E-state index in [1.165, 1.54) is 12.1 Å². The number of rotatable bonds is 2. The Kier molecular flexibility index (Phi) is 3.30. The number of hydrogen-bond donors (Lipinski definition) is 1. The summed E-state index contributed by atoms with van der Waals surface area (Å²) in [4.78, 5) is 0. The summed E-state index contributed by atoms with van der Waals surface area (Å²) in [6, 6.07) is 4.98. The molecule has 0 unspecified atom stereocenters. The predicted octanol–water partition coefficient (Wildman–Crippen LogP) is 3.45. The predicted molar refractivity (Wildman–Crippen MR) is 63.1 cm³/mol. The third kappa shape index (κ3) is 2.34. The lowest BCUT2D eigenvalue weighted by Gasteiger charge is -2.29. The van der Waals surface area contributed by atoms with Gasteiger partial charge >= 0.3 is 6.18 Å². The van der Waals surface area contributed by atoms with Crippen molar-refractivity contribution >= 4 is 0 Å². The molecule has 1 atom stereocenters. The second kappa shape index (κ2) is 4.61. The minimum atomic E-state index is -4.33. The van der Waals surface area contributed by atoms with Crippen LogP contribution in [0.2, 0.25) is 0 Å². The summed E-state index contributed by atoms with van der Waals surface area (Å²) in [6.45, 7) is -0.126. The molecule has 1 aromatic carbocycles. The van der Waals surface area contributed by atoms with Gasteiger partial charge in [0, 0.05) is 5.41 Å². The van der Waals surface area contributed by atoms with Gasteiger partial charge in [-0.25, -0.2) is 0 Å². The maximum absolute atomic E-state index is 12.5. The highest BCUT2D eigenvalue weighted by Gasteiger charge is 2.32. The molecule has 1 nitrogen and oxygen atoms in total. The van der Waals surface area contributed by atoms with Crippen LogP contribution in [0.1, 0.15) is 17.5 Å². The van der Waals surface area contributed by atoms with Crippen LogP contribution < -0.4 is 0 Å². The summed E-state index contributed by atoms with van der Waals surface area (Å²) in [5.41, 5.74) is -0.577. The third-order valence-electron chi connectivity index (χ3n) is 3.21. The number of allylic oxidation sites excluding steroid dienone is 3. The fraction of sp³-hybridized carbons (Fsp3) is 0.286. The van der Waals surface area contributed by atoms with Crippen LogP contribution in [0.15, 0.2) is 48.6 Å². The first-order valence-corrected chi connectivity index (χ1v) is 5.61. The number of alkyl halides is 3. The Morgan fingerprint density at radius 2 is 1.78 bits per heavy atom. The van der Waals surface area contributed by atoms with Gasteiger partial charge in [0.05, 0.1) is 12.2 Å². The molecule has 2 rings (SSSR count). The topological polar surface area (TPSA) is 20.2 Å². The van der Waals surface area contributed by atoms with Crippen molar-refractivity contribution in [1.29, 1.82) is 0 Å². The van der Waals surface area contributed by atoms with E-state index in [0.717, 1.165) is 12.1 Å². The fourth-order valence-electron chi connectivity index (χ4n) is 2.08. The van der Waals surface area contributed by atoms with Crippen LogP contribution in [0.3, 0.4) is 0 Å². The SMILES string of the molecule is OC[C@]1(c2ccc(C(F)(F)F)cc2)C=CC=CC1. The molecule has 1 aromatic rings. The van der Waals surface area contributed by atoms with E-state index in [1.54, 1.807) is 6.08 Å². The van der Waals surface area contributed by atoms with E-state index in [1.807, 2.05) is 18.2 Å². The zero-order chi connectivity index (χ0) is 13.2. The van der Waals surface area contributed by atoms with Crippen LogP contribution >= 0.6 is 0 Å².